The average molecular weight is 515 g/mol. The summed E-state index contributed by atoms with van der Waals surface area (Å²) in [7, 11) is 3.21. The van der Waals surface area contributed by atoms with Crippen LogP contribution in [0.5, 0.6) is 17.2 Å². The molecule has 4 aromatic carbocycles. The van der Waals surface area contributed by atoms with E-state index in [-0.39, 0.29) is 30.2 Å². The van der Waals surface area contributed by atoms with Gasteiger partial charge in [0.1, 0.15) is 23.4 Å². The van der Waals surface area contributed by atoms with Crippen LogP contribution in [-0.2, 0) is 27.4 Å². The van der Waals surface area contributed by atoms with Crippen molar-refractivity contribution in [2.75, 3.05) is 14.2 Å². The average Bonchev–Trinajstić information content (AvgIpc) is 2.96. The van der Waals surface area contributed by atoms with Crippen molar-refractivity contribution in [3.05, 3.63) is 102 Å². The highest BCUT2D eigenvalue weighted by Crippen LogP contribution is 2.45. The summed E-state index contributed by atoms with van der Waals surface area (Å²) >= 11 is 0. The van der Waals surface area contributed by atoms with E-state index in [0.29, 0.717) is 42.1 Å². The minimum Gasteiger partial charge on any atom is -0.507 e. The first-order valence-electron chi connectivity index (χ1n) is 12.9. The van der Waals surface area contributed by atoms with Crippen molar-refractivity contribution in [3.63, 3.8) is 0 Å². The number of hydrogen-bond acceptors (Lipinski definition) is 6. The third kappa shape index (κ3) is 5.48. The Morgan fingerprint density at radius 2 is 1.37 bits per heavy atom. The van der Waals surface area contributed by atoms with Gasteiger partial charge in [-0.15, -0.1) is 0 Å². The lowest BCUT2D eigenvalue weighted by Crippen LogP contribution is -2.47. The Hall–Kier alpha value is -3.58. The molecule has 6 nitrogen and oxygen atoms in total. The van der Waals surface area contributed by atoms with Gasteiger partial charge in [-0.1, -0.05) is 66.7 Å². The van der Waals surface area contributed by atoms with Crippen LogP contribution < -0.4 is 9.47 Å². The molecule has 0 saturated carbocycles. The van der Waals surface area contributed by atoms with Gasteiger partial charge < -0.3 is 28.8 Å². The topological polar surface area (TPSA) is 66.4 Å². The van der Waals surface area contributed by atoms with Crippen LogP contribution in [0, 0.1) is 0 Å². The van der Waals surface area contributed by atoms with E-state index in [1.807, 2.05) is 73.7 Å². The SMILES string of the molecule is COc1ccc(OC)c2c(O)c([C@H]3C[C@@H](OCc4ccccc4)[C@H](OCc4ccccc4)[C@@H](C)O3)ccc12. The predicted molar refractivity (Wildman–Crippen MR) is 147 cm³/mol. The highest BCUT2D eigenvalue weighted by molar-refractivity contribution is 5.98. The first kappa shape index (κ1) is 26.0. The first-order valence-corrected chi connectivity index (χ1v) is 12.9. The summed E-state index contributed by atoms with van der Waals surface area (Å²) in [5.74, 6) is 1.37. The molecule has 1 heterocycles. The minimum atomic E-state index is -0.386. The molecule has 1 N–H and O–H groups in total. The molecule has 0 spiro atoms. The van der Waals surface area contributed by atoms with Crippen molar-refractivity contribution < 1.29 is 28.8 Å². The van der Waals surface area contributed by atoms with E-state index in [1.165, 1.54) is 0 Å². The standard InChI is InChI=1S/C32H34O6/c1-21-32(37-20-23-12-8-5-9-13-23)29(36-19-22-10-6-4-7-11-22)18-28(38-21)25-15-14-24-26(34-2)16-17-27(35-3)30(24)31(25)33/h4-17,21,28-29,32-33H,18-20H2,1-3H3/t21-,28-,29-,32-/m1/s1. The van der Waals surface area contributed by atoms with Gasteiger partial charge in [-0.25, -0.2) is 0 Å². The Morgan fingerprint density at radius 1 is 0.763 bits per heavy atom. The van der Waals surface area contributed by atoms with Gasteiger partial charge in [-0.05, 0) is 36.2 Å². The van der Waals surface area contributed by atoms with Gasteiger partial charge in [0.05, 0.1) is 51.1 Å². The third-order valence-corrected chi connectivity index (χ3v) is 7.14. The molecule has 1 aliphatic rings. The molecule has 198 valence electrons. The summed E-state index contributed by atoms with van der Waals surface area (Å²) in [5.41, 5.74) is 2.87. The van der Waals surface area contributed by atoms with Crippen molar-refractivity contribution in [3.8, 4) is 17.2 Å². The number of rotatable bonds is 9. The number of fused-ring (bicyclic) bond motifs is 1. The van der Waals surface area contributed by atoms with Crippen LogP contribution in [0.2, 0.25) is 0 Å². The zero-order valence-corrected chi connectivity index (χ0v) is 22.0. The monoisotopic (exact) mass is 514 g/mol. The summed E-state index contributed by atoms with van der Waals surface area (Å²) in [6.07, 6.45) is -0.632. The molecule has 0 bridgehead atoms. The number of ether oxygens (including phenoxy) is 5. The van der Waals surface area contributed by atoms with E-state index in [2.05, 4.69) is 12.1 Å². The Bertz CT molecular complexity index is 1340. The van der Waals surface area contributed by atoms with Crippen LogP contribution in [0.3, 0.4) is 0 Å². The van der Waals surface area contributed by atoms with Crippen LogP contribution in [0.1, 0.15) is 36.1 Å². The van der Waals surface area contributed by atoms with Crippen molar-refractivity contribution in [2.45, 2.75) is 51.0 Å². The lowest BCUT2D eigenvalue weighted by Gasteiger charge is -2.40. The number of methoxy groups -OCH3 is 2. The second-order valence-electron chi connectivity index (χ2n) is 9.56. The Morgan fingerprint density at radius 3 is 2.00 bits per heavy atom. The molecule has 38 heavy (non-hydrogen) atoms. The van der Waals surface area contributed by atoms with Crippen LogP contribution in [0.4, 0.5) is 0 Å². The van der Waals surface area contributed by atoms with Crippen molar-refractivity contribution in [1.82, 2.24) is 0 Å². The molecule has 5 rings (SSSR count). The van der Waals surface area contributed by atoms with Crippen molar-refractivity contribution in [1.29, 1.82) is 0 Å². The summed E-state index contributed by atoms with van der Waals surface area (Å²) < 4.78 is 30.4. The maximum Gasteiger partial charge on any atom is 0.133 e. The normalized spacial score (nSPS) is 21.3. The molecule has 0 aliphatic carbocycles. The third-order valence-electron chi connectivity index (χ3n) is 7.14. The number of phenols is 1. The van der Waals surface area contributed by atoms with E-state index in [9.17, 15) is 5.11 Å². The number of benzene rings is 4. The Labute approximate surface area is 223 Å². The molecular weight excluding hydrogens is 480 g/mol. The van der Waals surface area contributed by atoms with Gasteiger partial charge >= 0.3 is 0 Å². The number of aromatic hydroxyl groups is 1. The van der Waals surface area contributed by atoms with Gasteiger partial charge in [-0.2, -0.15) is 0 Å². The highest BCUT2D eigenvalue weighted by Gasteiger charge is 2.40. The highest BCUT2D eigenvalue weighted by atomic mass is 16.6. The molecule has 1 aliphatic heterocycles. The molecule has 0 aromatic heterocycles. The lowest BCUT2D eigenvalue weighted by atomic mass is 9.91. The van der Waals surface area contributed by atoms with Gasteiger partial charge in [0.2, 0.25) is 0 Å². The fourth-order valence-electron chi connectivity index (χ4n) is 5.18. The van der Waals surface area contributed by atoms with Gasteiger partial charge in [0.15, 0.2) is 0 Å². The number of phenolic OH excluding ortho intramolecular Hbond substituents is 1. The van der Waals surface area contributed by atoms with Crippen LogP contribution in [-0.4, -0.2) is 37.6 Å². The minimum absolute atomic E-state index is 0.126. The number of hydrogen-bond donors (Lipinski definition) is 1. The van der Waals surface area contributed by atoms with Crippen LogP contribution in [0.25, 0.3) is 10.8 Å². The lowest BCUT2D eigenvalue weighted by molar-refractivity contribution is -0.204. The van der Waals surface area contributed by atoms with Crippen molar-refractivity contribution in [2.24, 2.45) is 0 Å². The summed E-state index contributed by atoms with van der Waals surface area (Å²) in [4.78, 5) is 0. The molecule has 0 amide bonds. The quantitative estimate of drug-likeness (QED) is 0.272. The van der Waals surface area contributed by atoms with Crippen LogP contribution >= 0.6 is 0 Å². The smallest absolute Gasteiger partial charge is 0.133 e. The molecule has 0 unspecified atom stereocenters. The van der Waals surface area contributed by atoms with E-state index in [1.54, 1.807) is 20.3 Å². The molecule has 0 radical (unpaired) electrons. The molecule has 4 aromatic rings. The van der Waals surface area contributed by atoms with Gasteiger partial charge in [0.25, 0.3) is 0 Å². The summed E-state index contributed by atoms with van der Waals surface area (Å²) in [6.45, 7) is 2.93. The zero-order chi connectivity index (χ0) is 26.5. The van der Waals surface area contributed by atoms with Crippen LogP contribution in [0.15, 0.2) is 84.9 Å². The molecule has 6 heteroatoms. The van der Waals surface area contributed by atoms with E-state index >= 15 is 0 Å². The fraction of sp³-hybridized carbons (Fsp3) is 0.312. The Kier molecular flexibility index (Phi) is 8.13. The second-order valence-corrected chi connectivity index (χ2v) is 9.56. The van der Waals surface area contributed by atoms with E-state index in [4.69, 9.17) is 23.7 Å². The largest absolute Gasteiger partial charge is 0.507 e. The second kappa shape index (κ2) is 11.9. The molecular formula is C32H34O6. The predicted octanol–water partition coefficient (Wildman–Crippen LogP) is 6.58. The molecule has 4 atom stereocenters. The molecule has 1 fully saturated rings. The van der Waals surface area contributed by atoms with Crippen molar-refractivity contribution >= 4 is 10.8 Å². The van der Waals surface area contributed by atoms with E-state index in [0.717, 1.165) is 16.5 Å². The maximum absolute atomic E-state index is 11.4. The summed E-state index contributed by atoms with van der Waals surface area (Å²) in [5, 5.41) is 12.8. The van der Waals surface area contributed by atoms with E-state index < -0.39 is 0 Å². The maximum atomic E-state index is 11.4. The van der Waals surface area contributed by atoms with Gasteiger partial charge in [-0.3, -0.25) is 0 Å². The zero-order valence-electron chi connectivity index (χ0n) is 22.0. The molecule has 1 saturated heterocycles. The summed E-state index contributed by atoms with van der Waals surface area (Å²) in [6, 6.07) is 27.7. The fourth-order valence-corrected chi connectivity index (χ4v) is 5.18. The van der Waals surface area contributed by atoms with Gasteiger partial charge in [0, 0.05) is 17.4 Å². The first-order chi connectivity index (χ1) is 18.6. The Balaban J connectivity index is 1.43.